The van der Waals surface area contributed by atoms with Gasteiger partial charge in [-0.25, -0.2) is 0 Å². The van der Waals surface area contributed by atoms with Gasteiger partial charge in [-0.3, -0.25) is 10.1 Å². The van der Waals surface area contributed by atoms with Gasteiger partial charge in [0.15, 0.2) is 5.82 Å². The number of rotatable bonds is 3. The van der Waals surface area contributed by atoms with E-state index in [0.29, 0.717) is 22.8 Å². The molecule has 0 aliphatic rings. The first-order valence-corrected chi connectivity index (χ1v) is 5.29. The number of nitrogens with zero attached hydrogens (tertiary/aromatic N) is 3. The van der Waals surface area contributed by atoms with E-state index in [9.17, 15) is 10.1 Å². The van der Waals surface area contributed by atoms with Crippen LogP contribution in [0.15, 0.2) is 22.7 Å². The maximum atomic E-state index is 10.6. The Kier molecular flexibility index (Phi) is 3.06. The van der Waals surface area contributed by atoms with E-state index in [1.165, 1.54) is 12.1 Å². The highest BCUT2D eigenvalue weighted by atomic mass is 35.5. The maximum Gasteiger partial charge on any atom is 0.269 e. The van der Waals surface area contributed by atoms with Crippen LogP contribution >= 0.6 is 11.6 Å². The van der Waals surface area contributed by atoms with Crippen LogP contribution in [-0.2, 0) is 5.88 Å². The minimum atomic E-state index is -0.450. The molecule has 0 aliphatic carbocycles. The molecule has 0 saturated heterocycles. The average Bonchev–Trinajstić information content (AvgIpc) is 2.77. The molecule has 0 N–H and O–H groups in total. The van der Waals surface area contributed by atoms with Crippen molar-refractivity contribution >= 4 is 17.3 Å². The Morgan fingerprint density at radius 2 is 2.29 bits per heavy atom. The van der Waals surface area contributed by atoms with Crippen LogP contribution in [0.2, 0.25) is 0 Å². The summed E-state index contributed by atoms with van der Waals surface area (Å²) >= 11 is 5.56. The standard InChI is InChI=1S/C10H8ClN3O3/c1-6-4-7(14(15)16)2-3-8(6)10-12-9(5-11)13-17-10/h2-4H,5H2,1H3. The van der Waals surface area contributed by atoms with Crippen molar-refractivity contribution in [2.45, 2.75) is 12.8 Å². The minimum Gasteiger partial charge on any atom is -0.334 e. The highest BCUT2D eigenvalue weighted by molar-refractivity contribution is 6.16. The lowest BCUT2D eigenvalue weighted by atomic mass is 10.1. The molecule has 0 atom stereocenters. The molecular weight excluding hydrogens is 246 g/mol. The van der Waals surface area contributed by atoms with E-state index < -0.39 is 4.92 Å². The molecule has 0 spiro atoms. The van der Waals surface area contributed by atoms with Crippen LogP contribution in [0.4, 0.5) is 5.69 Å². The van der Waals surface area contributed by atoms with Gasteiger partial charge in [0.25, 0.3) is 11.6 Å². The molecule has 7 heteroatoms. The van der Waals surface area contributed by atoms with E-state index in [1.54, 1.807) is 13.0 Å². The molecule has 2 aromatic rings. The van der Waals surface area contributed by atoms with Crippen LogP contribution in [0.25, 0.3) is 11.5 Å². The third-order valence-electron chi connectivity index (χ3n) is 2.24. The summed E-state index contributed by atoms with van der Waals surface area (Å²) in [6.45, 7) is 1.74. The Hall–Kier alpha value is -1.95. The second-order valence-corrected chi connectivity index (χ2v) is 3.67. The van der Waals surface area contributed by atoms with Gasteiger partial charge in [0.1, 0.15) is 0 Å². The Morgan fingerprint density at radius 1 is 1.53 bits per heavy atom. The SMILES string of the molecule is Cc1cc([N+](=O)[O-])ccc1-c1nc(CCl)no1. The van der Waals surface area contributed by atoms with E-state index in [-0.39, 0.29) is 11.6 Å². The fourth-order valence-corrected chi connectivity index (χ4v) is 1.53. The second-order valence-electron chi connectivity index (χ2n) is 3.41. The lowest BCUT2D eigenvalue weighted by Crippen LogP contribution is -1.90. The van der Waals surface area contributed by atoms with Crippen molar-refractivity contribution in [1.29, 1.82) is 0 Å². The van der Waals surface area contributed by atoms with E-state index >= 15 is 0 Å². The summed E-state index contributed by atoms with van der Waals surface area (Å²) in [5.41, 5.74) is 1.40. The van der Waals surface area contributed by atoms with Gasteiger partial charge in [-0.2, -0.15) is 4.98 Å². The largest absolute Gasteiger partial charge is 0.334 e. The summed E-state index contributed by atoms with van der Waals surface area (Å²) in [5.74, 6) is 0.864. The molecule has 1 aromatic heterocycles. The van der Waals surface area contributed by atoms with Gasteiger partial charge >= 0.3 is 0 Å². The number of aryl methyl sites for hydroxylation is 1. The molecule has 0 aliphatic heterocycles. The number of hydrogen-bond donors (Lipinski definition) is 0. The van der Waals surface area contributed by atoms with Gasteiger partial charge in [-0.1, -0.05) is 5.16 Å². The molecule has 17 heavy (non-hydrogen) atoms. The van der Waals surface area contributed by atoms with Crippen molar-refractivity contribution in [1.82, 2.24) is 10.1 Å². The normalized spacial score (nSPS) is 10.5. The molecule has 0 radical (unpaired) electrons. The predicted molar refractivity (Wildman–Crippen MR) is 60.7 cm³/mol. The number of benzene rings is 1. The molecule has 1 aromatic carbocycles. The Balaban J connectivity index is 2.42. The van der Waals surface area contributed by atoms with Gasteiger partial charge in [-0.15, -0.1) is 11.6 Å². The highest BCUT2D eigenvalue weighted by Gasteiger charge is 2.14. The van der Waals surface area contributed by atoms with Crippen LogP contribution in [0.3, 0.4) is 0 Å². The van der Waals surface area contributed by atoms with Crippen LogP contribution in [0.1, 0.15) is 11.4 Å². The third-order valence-corrected chi connectivity index (χ3v) is 2.48. The minimum absolute atomic E-state index is 0.0309. The molecule has 0 saturated carbocycles. The third kappa shape index (κ3) is 2.26. The van der Waals surface area contributed by atoms with Crippen molar-refractivity contribution in [2.75, 3.05) is 0 Å². The summed E-state index contributed by atoms with van der Waals surface area (Å²) < 4.78 is 5.01. The van der Waals surface area contributed by atoms with Crippen molar-refractivity contribution in [3.05, 3.63) is 39.7 Å². The van der Waals surface area contributed by atoms with Gasteiger partial charge in [0, 0.05) is 17.7 Å². The van der Waals surface area contributed by atoms with E-state index in [2.05, 4.69) is 10.1 Å². The molecule has 0 unspecified atom stereocenters. The topological polar surface area (TPSA) is 82.1 Å². The fourth-order valence-electron chi connectivity index (χ4n) is 1.42. The molecular formula is C10H8ClN3O3. The van der Waals surface area contributed by atoms with Gasteiger partial charge in [0.2, 0.25) is 0 Å². The van der Waals surface area contributed by atoms with Crippen LogP contribution in [-0.4, -0.2) is 15.1 Å². The quantitative estimate of drug-likeness (QED) is 0.477. The Labute approximate surface area is 101 Å². The molecule has 2 rings (SSSR count). The molecule has 0 fully saturated rings. The first-order chi connectivity index (χ1) is 8.11. The van der Waals surface area contributed by atoms with Crippen molar-refractivity contribution in [2.24, 2.45) is 0 Å². The predicted octanol–water partition coefficient (Wildman–Crippen LogP) is 2.69. The van der Waals surface area contributed by atoms with Crippen molar-refractivity contribution < 1.29 is 9.45 Å². The van der Waals surface area contributed by atoms with Gasteiger partial charge in [0.05, 0.1) is 10.8 Å². The van der Waals surface area contributed by atoms with E-state index in [4.69, 9.17) is 16.1 Å². The van der Waals surface area contributed by atoms with Crippen LogP contribution in [0.5, 0.6) is 0 Å². The zero-order valence-electron chi connectivity index (χ0n) is 8.88. The highest BCUT2D eigenvalue weighted by Crippen LogP contribution is 2.25. The summed E-state index contributed by atoms with van der Waals surface area (Å²) in [5, 5.41) is 14.2. The number of halogens is 1. The number of non-ortho nitro benzene ring substituents is 1. The second kappa shape index (κ2) is 4.50. The molecule has 88 valence electrons. The fraction of sp³-hybridized carbons (Fsp3) is 0.200. The van der Waals surface area contributed by atoms with Gasteiger partial charge in [-0.05, 0) is 18.6 Å². The number of aromatic nitrogens is 2. The molecule has 0 bridgehead atoms. The zero-order valence-corrected chi connectivity index (χ0v) is 9.64. The molecule has 0 amide bonds. The monoisotopic (exact) mass is 253 g/mol. The Bertz CT molecular complexity index is 568. The average molecular weight is 254 g/mol. The first kappa shape index (κ1) is 11.5. The summed E-state index contributed by atoms with van der Waals surface area (Å²) in [6, 6.07) is 4.44. The molecule has 1 heterocycles. The number of alkyl halides is 1. The number of nitro groups is 1. The lowest BCUT2D eigenvalue weighted by molar-refractivity contribution is -0.384. The molecule has 6 nitrogen and oxygen atoms in total. The summed E-state index contributed by atoms with van der Waals surface area (Å²) in [6.07, 6.45) is 0. The van der Waals surface area contributed by atoms with Crippen LogP contribution in [0, 0.1) is 17.0 Å². The summed E-state index contributed by atoms with van der Waals surface area (Å²) in [7, 11) is 0. The first-order valence-electron chi connectivity index (χ1n) is 4.76. The maximum absolute atomic E-state index is 10.6. The summed E-state index contributed by atoms with van der Waals surface area (Å²) in [4.78, 5) is 14.2. The number of nitro benzene ring substituents is 1. The van der Waals surface area contributed by atoms with Crippen LogP contribution < -0.4 is 0 Å². The van der Waals surface area contributed by atoms with Crippen molar-refractivity contribution in [3.63, 3.8) is 0 Å². The van der Waals surface area contributed by atoms with Crippen molar-refractivity contribution in [3.8, 4) is 11.5 Å². The number of hydrogen-bond acceptors (Lipinski definition) is 5. The van der Waals surface area contributed by atoms with E-state index in [0.717, 1.165) is 0 Å². The smallest absolute Gasteiger partial charge is 0.269 e. The van der Waals surface area contributed by atoms with Gasteiger partial charge < -0.3 is 4.52 Å². The van der Waals surface area contributed by atoms with E-state index in [1.807, 2.05) is 0 Å². The lowest BCUT2D eigenvalue weighted by Gasteiger charge is -1.99. The Morgan fingerprint density at radius 3 is 2.82 bits per heavy atom. The zero-order chi connectivity index (χ0) is 12.4.